The number of ether oxygens (including phenoxy) is 1. The molecule has 1 aromatic rings. The number of aryl methyl sites for hydroxylation is 2. The average Bonchev–Trinajstić information content (AvgIpc) is 2.60. The summed E-state index contributed by atoms with van der Waals surface area (Å²) in [7, 11) is 0. The minimum absolute atomic E-state index is 0.788. The van der Waals surface area contributed by atoms with Crippen molar-refractivity contribution < 1.29 is 4.74 Å². The van der Waals surface area contributed by atoms with Crippen LogP contribution in [0.5, 0.6) is 0 Å². The lowest BCUT2D eigenvalue weighted by Crippen LogP contribution is -1.97. The first-order chi connectivity index (χ1) is 6.36. The van der Waals surface area contributed by atoms with E-state index in [1.54, 1.807) is 0 Å². The van der Waals surface area contributed by atoms with E-state index in [-0.39, 0.29) is 0 Å². The van der Waals surface area contributed by atoms with Crippen LogP contribution in [0.2, 0.25) is 0 Å². The monoisotopic (exact) mass is 183 g/mol. The van der Waals surface area contributed by atoms with Gasteiger partial charge in [0.1, 0.15) is 11.6 Å². The van der Waals surface area contributed by atoms with Crippen molar-refractivity contribution in [1.29, 1.82) is 0 Å². The predicted octanol–water partition coefficient (Wildman–Crippen LogP) is 1.34. The van der Waals surface area contributed by atoms with Crippen molar-refractivity contribution in [3.8, 4) is 0 Å². The SMILES string of the molecule is CCOCCCc1nc(CC)n[nH]1. The highest BCUT2D eigenvalue weighted by atomic mass is 16.5. The molecule has 0 amide bonds. The maximum absolute atomic E-state index is 5.23. The smallest absolute Gasteiger partial charge is 0.150 e. The van der Waals surface area contributed by atoms with Gasteiger partial charge in [0.2, 0.25) is 0 Å². The summed E-state index contributed by atoms with van der Waals surface area (Å²) in [6, 6.07) is 0. The second-order valence-corrected chi connectivity index (χ2v) is 2.85. The van der Waals surface area contributed by atoms with Gasteiger partial charge >= 0.3 is 0 Å². The first-order valence-corrected chi connectivity index (χ1v) is 4.84. The Kier molecular flexibility index (Phi) is 4.46. The summed E-state index contributed by atoms with van der Waals surface area (Å²) in [5.74, 6) is 1.86. The minimum Gasteiger partial charge on any atom is -0.382 e. The van der Waals surface area contributed by atoms with Crippen LogP contribution in [0.4, 0.5) is 0 Å². The molecule has 4 heteroatoms. The summed E-state index contributed by atoms with van der Waals surface area (Å²) >= 11 is 0. The van der Waals surface area contributed by atoms with Crippen molar-refractivity contribution in [1.82, 2.24) is 15.2 Å². The van der Waals surface area contributed by atoms with Crippen LogP contribution >= 0.6 is 0 Å². The zero-order valence-electron chi connectivity index (χ0n) is 8.34. The highest BCUT2D eigenvalue weighted by Gasteiger charge is 1.99. The van der Waals surface area contributed by atoms with Gasteiger partial charge in [-0.25, -0.2) is 4.98 Å². The van der Waals surface area contributed by atoms with Crippen LogP contribution in [-0.2, 0) is 17.6 Å². The minimum atomic E-state index is 0.788. The van der Waals surface area contributed by atoms with Gasteiger partial charge in [-0.05, 0) is 13.3 Å². The molecule has 0 radical (unpaired) electrons. The quantitative estimate of drug-likeness (QED) is 0.677. The van der Waals surface area contributed by atoms with Crippen molar-refractivity contribution in [2.75, 3.05) is 13.2 Å². The lowest BCUT2D eigenvalue weighted by atomic mass is 10.3. The molecule has 1 aromatic heterocycles. The van der Waals surface area contributed by atoms with E-state index in [2.05, 4.69) is 15.2 Å². The van der Waals surface area contributed by atoms with E-state index in [0.29, 0.717) is 0 Å². The van der Waals surface area contributed by atoms with Gasteiger partial charge in [-0.15, -0.1) is 0 Å². The van der Waals surface area contributed by atoms with Gasteiger partial charge in [0.05, 0.1) is 0 Å². The fourth-order valence-corrected chi connectivity index (χ4v) is 1.09. The Morgan fingerprint density at radius 1 is 1.38 bits per heavy atom. The highest BCUT2D eigenvalue weighted by molar-refractivity contribution is 4.89. The molecule has 0 aromatic carbocycles. The summed E-state index contributed by atoms with van der Waals surface area (Å²) in [5.41, 5.74) is 0. The van der Waals surface area contributed by atoms with Gasteiger partial charge in [-0.2, -0.15) is 5.10 Å². The summed E-state index contributed by atoms with van der Waals surface area (Å²) in [4.78, 5) is 4.30. The molecule has 0 saturated carbocycles. The predicted molar refractivity (Wildman–Crippen MR) is 50.6 cm³/mol. The van der Waals surface area contributed by atoms with Crippen LogP contribution in [-0.4, -0.2) is 28.4 Å². The number of aromatic nitrogens is 3. The Morgan fingerprint density at radius 2 is 2.23 bits per heavy atom. The van der Waals surface area contributed by atoms with Crippen LogP contribution in [0.25, 0.3) is 0 Å². The zero-order valence-corrected chi connectivity index (χ0v) is 8.34. The number of hydrogen-bond acceptors (Lipinski definition) is 3. The third-order valence-corrected chi connectivity index (χ3v) is 1.80. The summed E-state index contributed by atoms with van der Waals surface area (Å²) in [6.45, 7) is 5.64. The van der Waals surface area contributed by atoms with E-state index in [0.717, 1.165) is 44.1 Å². The largest absolute Gasteiger partial charge is 0.382 e. The van der Waals surface area contributed by atoms with E-state index in [1.807, 2.05) is 13.8 Å². The number of aromatic amines is 1. The Morgan fingerprint density at radius 3 is 2.85 bits per heavy atom. The molecular weight excluding hydrogens is 166 g/mol. The molecule has 4 nitrogen and oxygen atoms in total. The Hall–Kier alpha value is -0.900. The van der Waals surface area contributed by atoms with Crippen molar-refractivity contribution >= 4 is 0 Å². The number of nitrogens with one attached hydrogen (secondary N) is 1. The molecule has 1 N–H and O–H groups in total. The topological polar surface area (TPSA) is 50.8 Å². The third-order valence-electron chi connectivity index (χ3n) is 1.80. The normalized spacial score (nSPS) is 10.6. The molecule has 13 heavy (non-hydrogen) atoms. The van der Waals surface area contributed by atoms with Crippen molar-refractivity contribution in [3.63, 3.8) is 0 Å². The number of rotatable bonds is 6. The van der Waals surface area contributed by atoms with Gasteiger partial charge in [-0.3, -0.25) is 5.10 Å². The van der Waals surface area contributed by atoms with Crippen molar-refractivity contribution in [2.45, 2.75) is 33.1 Å². The molecule has 0 aliphatic carbocycles. The van der Waals surface area contributed by atoms with E-state index < -0.39 is 0 Å². The Balaban J connectivity index is 2.20. The molecule has 1 rings (SSSR count). The second-order valence-electron chi connectivity index (χ2n) is 2.85. The molecule has 74 valence electrons. The van der Waals surface area contributed by atoms with E-state index in [1.165, 1.54) is 0 Å². The van der Waals surface area contributed by atoms with Crippen LogP contribution in [0.1, 0.15) is 31.9 Å². The van der Waals surface area contributed by atoms with Crippen molar-refractivity contribution in [3.05, 3.63) is 11.6 Å². The maximum Gasteiger partial charge on any atom is 0.150 e. The van der Waals surface area contributed by atoms with Gasteiger partial charge in [0.15, 0.2) is 0 Å². The first kappa shape index (κ1) is 10.2. The molecule has 0 bridgehead atoms. The van der Waals surface area contributed by atoms with E-state index in [4.69, 9.17) is 4.74 Å². The molecule has 1 heterocycles. The van der Waals surface area contributed by atoms with Crippen LogP contribution in [0.3, 0.4) is 0 Å². The molecular formula is C9H17N3O. The lowest BCUT2D eigenvalue weighted by Gasteiger charge is -1.97. The van der Waals surface area contributed by atoms with Crippen LogP contribution in [0.15, 0.2) is 0 Å². The molecule has 0 atom stereocenters. The van der Waals surface area contributed by atoms with Crippen LogP contribution in [0, 0.1) is 0 Å². The van der Waals surface area contributed by atoms with E-state index in [9.17, 15) is 0 Å². The Bertz CT molecular complexity index is 235. The second kappa shape index (κ2) is 5.70. The third kappa shape index (κ3) is 3.55. The molecule has 0 aliphatic rings. The molecule has 0 spiro atoms. The van der Waals surface area contributed by atoms with E-state index >= 15 is 0 Å². The number of H-pyrrole nitrogens is 1. The Labute approximate surface area is 78.7 Å². The first-order valence-electron chi connectivity index (χ1n) is 4.84. The zero-order chi connectivity index (χ0) is 9.52. The molecule has 0 aliphatic heterocycles. The average molecular weight is 183 g/mol. The number of nitrogens with zero attached hydrogens (tertiary/aromatic N) is 2. The van der Waals surface area contributed by atoms with Crippen molar-refractivity contribution in [2.24, 2.45) is 0 Å². The van der Waals surface area contributed by atoms with Crippen LogP contribution < -0.4 is 0 Å². The highest BCUT2D eigenvalue weighted by Crippen LogP contribution is 1.97. The molecule has 0 saturated heterocycles. The van der Waals surface area contributed by atoms with Gasteiger partial charge in [0, 0.05) is 26.1 Å². The van der Waals surface area contributed by atoms with Gasteiger partial charge in [-0.1, -0.05) is 6.92 Å². The fraction of sp³-hybridized carbons (Fsp3) is 0.778. The molecule has 0 unspecified atom stereocenters. The lowest BCUT2D eigenvalue weighted by molar-refractivity contribution is 0.145. The maximum atomic E-state index is 5.23. The summed E-state index contributed by atoms with van der Waals surface area (Å²) < 4.78 is 5.23. The van der Waals surface area contributed by atoms with Gasteiger partial charge < -0.3 is 4.74 Å². The summed E-state index contributed by atoms with van der Waals surface area (Å²) in [6.07, 6.45) is 2.82. The fourth-order valence-electron chi connectivity index (χ4n) is 1.09. The number of hydrogen-bond donors (Lipinski definition) is 1. The standard InChI is InChI=1S/C9H17N3O/c1-3-8-10-9(12-11-8)6-5-7-13-4-2/h3-7H2,1-2H3,(H,10,11,12). The molecule has 0 fully saturated rings. The van der Waals surface area contributed by atoms with Gasteiger partial charge in [0.25, 0.3) is 0 Å². The summed E-state index contributed by atoms with van der Waals surface area (Å²) in [5, 5.41) is 6.97.